The van der Waals surface area contributed by atoms with Crippen molar-refractivity contribution in [3.63, 3.8) is 0 Å². The van der Waals surface area contributed by atoms with E-state index in [0.29, 0.717) is 18.5 Å². The lowest BCUT2D eigenvalue weighted by molar-refractivity contribution is -0.121. The summed E-state index contributed by atoms with van der Waals surface area (Å²) in [4.78, 5) is 13.3. The third kappa shape index (κ3) is 5.14. The van der Waals surface area contributed by atoms with E-state index in [9.17, 15) is 4.79 Å². The number of hydrazine groups is 1. The van der Waals surface area contributed by atoms with E-state index in [1.807, 2.05) is 0 Å². The van der Waals surface area contributed by atoms with Gasteiger partial charge in [0, 0.05) is 18.5 Å². The number of carbonyl (C=O) groups excluding carboxylic acids is 1. The van der Waals surface area contributed by atoms with Crippen LogP contribution in [0.2, 0.25) is 0 Å². The zero-order valence-electron chi connectivity index (χ0n) is 10.4. The van der Waals surface area contributed by atoms with Gasteiger partial charge in [0.1, 0.15) is 0 Å². The normalized spacial score (nSPS) is 13.3. The Bertz CT molecular complexity index is 181. The molecule has 1 atom stereocenters. The molecule has 3 N–H and O–H groups in total. The maximum Gasteiger partial charge on any atom is 0.233 e. The van der Waals surface area contributed by atoms with E-state index >= 15 is 0 Å². The van der Waals surface area contributed by atoms with Crippen LogP contribution in [0.25, 0.3) is 0 Å². The van der Waals surface area contributed by atoms with Crippen molar-refractivity contribution in [2.75, 3.05) is 7.05 Å². The molecule has 0 radical (unpaired) electrons. The molecule has 4 heteroatoms. The average molecular weight is 215 g/mol. The monoisotopic (exact) mass is 215 g/mol. The summed E-state index contributed by atoms with van der Waals surface area (Å²) in [6.07, 6.45) is 3.67. The first-order valence-electron chi connectivity index (χ1n) is 5.78. The van der Waals surface area contributed by atoms with Gasteiger partial charge in [-0.05, 0) is 33.2 Å². The van der Waals surface area contributed by atoms with Crippen LogP contribution in [-0.4, -0.2) is 29.9 Å². The Balaban J connectivity index is 3.97. The number of nitrogens with one attached hydrogen (secondary N) is 1. The van der Waals surface area contributed by atoms with Gasteiger partial charge < -0.3 is 4.90 Å². The highest BCUT2D eigenvalue weighted by Gasteiger charge is 2.17. The molecule has 0 aliphatic rings. The molecule has 0 aromatic carbocycles. The van der Waals surface area contributed by atoms with E-state index in [2.05, 4.69) is 38.1 Å². The fourth-order valence-corrected chi connectivity index (χ4v) is 1.84. The van der Waals surface area contributed by atoms with Crippen molar-refractivity contribution in [1.82, 2.24) is 10.3 Å². The van der Waals surface area contributed by atoms with Gasteiger partial charge in [-0.15, -0.1) is 0 Å². The Hall–Kier alpha value is -0.610. The van der Waals surface area contributed by atoms with Crippen LogP contribution in [-0.2, 0) is 4.79 Å². The summed E-state index contributed by atoms with van der Waals surface area (Å²) in [7, 11) is 2.13. The Morgan fingerprint density at radius 3 is 2.33 bits per heavy atom. The maximum absolute atomic E-state index is 11.0. The van der Waals surface area contributed by atoms with Gasteiger partial charge in [0.05, 0.1) is 0 Å². The fraction of sp³-hybridized carbons (Fsp3) is 0.909. The Kier molecular flexibility index (Phi) is 7.34. The molecule has 4 nitrogen and oxygen atoms in total. The van der Waals surface area contributed by atoms with Crippen molar-refractivity contribution in [3.8, 4) is 0 Å². The van der Waals surface area contributed by atoms with E-state index in [1.165, 1.54) is 0 Å². The second kappa shape index (κ2) is 7.65. The molecular weight excluding hydrogens is 190 g/mol. The van der Waals surface area contributed by atoms with E-state index < -0.39 is 0 Å². The number of hydrogen-bond donors (Lipinski definition) is 2. The molecule has 0 aromatic rings. The predicted octanol–water partition coefficient (Wildman–Crippen LogP) is 1.27. The second-order valence-corrected chi connectivity index (χ2v) is 4.09. The summed E-state index contributed by atoms with van der Waals surface area (Å²) in [5.41, 5.74) is 2.16. The smallest absolute Gasteiger partial charge is 0.233 e. The molecule has 15 heavy (non-hydrogen) atoms. The zero-order chi connectivity index (χ0) is 11.8. The quantitative estimate of drug-likeness (QED) is 0.382. The van der Waals surface area contributed by atoms with Crippen LogP contribution in [0, 0.1) is 0 Å². The van der Waals surface area contributed by atoms with Gasteiger partial charge in [-0.25, -0.2) is 5.84 Å². The lowest BCUT2D eigenvalue weighted by Crippen LogP contribution is -2.39. The summed E-state index contributed by atoms with van der Waals surface area (Å²) in [5.74, 6) is 4.95. The lowest BCUT2D eigenvalue weighted by atomic mass is 10.1. The van der Waals surface area contributed by atoms with Crippen molar-refractivity contribution in [2.24, 2.45) is 5.84 Å². The number of carbonyl (C=O) groups is 1. The lowest BCUT2D eigenvalue weighted by Gasteiger charge is -2.31. The Labute approximate surface area is 93.2 Å². The SMILES string of the molecule is CCC(CC)N(C)C(C)CCC(=O)NN. The number of amides is 1. The molecular formula is C11H25N3O. The minimum Gasteiger partial charge on any atom is -0.301 e. The van der Waals surface area contributed by atoms with E-state index in [0.717, 1.165) is 19.3 Å². The first kappa shape index (κ1) is 14.4. The molecule has 1 unspecified atom stereocenters. The zero-order valence-corrected chi connectivity index (χ0v) is 10.4. The van der Waals surface area contributed by atoms with E-state index in [-0.39, 0.29) is 5.91 Å². The summed E-state index contributed by atoms with van der Waals surface area (Å²) in [5, 5.41) is 0. The summed E-state index contributed by atoms with van der Waals surface area (Å²) < 4.78 is 0. The molecule has 0 saturated heterocycles. The predicted molar refractivity (Wildman–Crippen MR) is 63.2 cm³/mol. The molecule has 0 fully saturated rings. The van der Waals surface area contributed by atoms with Crippen LogP contribution >= 0.6 is 0 Å². The molecule has 0 rings (SSSR count). The molecule has 90 valence electrons. The van der Waals surface area contributed by atoms with Crippen molar-refractivity contribution >= 4 is 5.91 Å². The average Bonchev–Trinajstić information content (AvgIpc) is 2.26. The summed E-state index contributed by atoms with van der Waals surface area (Å²) >= 11 is 0. The van der Waals surface area contributed by atoms with Crippen molar-refractivity contribution in [2.45, 2.75) is 58.5 Å². The minimum atomic E-state index is -0.0835. The fourth-order valence-electron chi connectivity index (χ4n) is 1.84. The highest BCUT2D eigenvalue weighted by molar-refractivity contribution is 5.75. The van der Waals surface area contributed by atoms with Gasteiger partial charge in [0.25, 0.3) is 0 Å². The molecule has 0 aliphatic heterocycles. The Morgan fingerprint density at radius 1 is 1.40 bits per heavy atom. The van der Waals surface area contributed by atoms with Crippen LogP contribution in [0.3, 0.4) is 0 Å². The number of rotatable bonds is 7. The van der Waals surface area contributed by atoms with Gasteiger partial charge >= 0.3 is 0 Å². The molecule has 0 aromatic heterocycles. The van der Waals surface area contributed by atoms with E-state index in [4.69, 9.17) is 5.84 Å². The molecule has 0 spiro atoms. The van der Waals surface area contributed by atoms with Crippen molar-refractivity contribution < 1.29 is 4.79 Å². The number of nitrogens with zero attached hydrogens (tertiary/aromatic N) is 1. The topological polar surface area (TPSA) is 58.4 Å². The van der Waals surface area contributed by atoms with Crippen molar-refractivity contribution in [1.29, 1.82) is 0 Å². The van der Waals surface area contributed by atoms with Crippen LogP contribution in [0.1, 0.15) is 46.5 Å². The molecule has 1 amide bonds. The summed E-state index contributed by atoms with van der Waals surface area (Å²) in [6.45, 7) is 6.55. The standard InChI is InChI=1S/C11H25N3O/c1-5-10(6-2)14(4)9(3)7-8-11(15)13-12/h9-10H,5-8,12H2,1-4H3,(H,13,15). The first-order valence-corrected chi connectivity index (χ1v) is 5.78. The molecule has 0 aliphatic carbocycles. The highest BCUT2D eigenvalue weighted by atomic mass is 16.2. The van der Waals surface area contributed by atoms with Crippen LogP contribution in [0.15, 0.2) is 0 Å². The first-order chi connectivity index (χ1) is 7.06. The van der Waals surface area contributed by atoms with Gasteiger partial charge in [-0.2, -0.15) is 0 Å². The Morgan fingerprint density at radius 2 is 1.93 bits per heavy atom. The number of nitrogens with two attached hydrogens (primary N) is 1. The molecule has 0 saturated carbocycles. The van der Waals surface area contributed by atoms with Crippen molar-refractivity contribution in [3.05, 3.63) is 0 Å². The third-order valence-corrected chi connectivity index (χ3v) is 3.16. The van der Waals surface area contributed by atoms with E-state index in [1.54, 1.807) is 0 Å². The number of hydrogen-bond acceptors (Lipinski definition) is 3. The van der Waals surface area contributed by atoms with Crippen LogP contribution in [0.5, 0.6) is 0 Å². The summed E-state index contributed by atoms with van der Waals surface area (Å²) in [6, 6.07) is 1.04. The maximum atomic E-state index is 11.0. The van der Waals surface area contributed by atoms with Gasteiger partial charge in [-0.3, -0.25) is 10.2 Å². The van der Waals surface area contributed by atoms with Gasteiger partial charge in [-0.1, -0.05) is 13.8 Å². The largest absolute Gasteiger partial charge is 0.301 e. The van der Waals surface area contributed by atoms with Gasteiger partial charge in [0.2, 0.25) is 5.91 Å². The molecule has 0 heterocycles. The highest BCUT2D eigenvalue weighted by Crippen LogP contribution is 2.13. The van der Waals surface area contributed by atoms with Crippen LogP contribution < -0.4 is 11.3 Å². The third-order valence-electron chi connectivity index (χ3n) is 3.16. The van der Waals surface area contributed by atoms with Gasteiger partial charge in [0.15, 0.2) is 0 Å². The van der Waals surface area contributed by atoms with Crippen LogP contribution in [0.4, 0.5) is 0 Å². The molecule has 0 bridgehead atoms. The second-order valence-electron chi connectivity index (χ2n) is 4.09. The minimum absolute atomic E-state index is 0.0835.